The predicted molar refractivity (Wildman–Crippen MR) is 71.8 cm³/mol. The van der Waals surface area contributed by atoms with Gasteiger partial charge < -0.3 is 9.32 Å². The van der Waals surface area contributed by atoms with Gasteiger partial charge in [-0.1, -0.05) is 19.3 Å². The molecular weight excluding hydrogens is 228 g/mol. The van der Waals surface area contributed by atoms with Crippen LogP contribution in [0.2, 0.25) is 0 Å². The van der Waals surface area contributed by atoms with E-state index < -0.39 is 0 Å². The number of aliphatic imine (C=N–C) groups is 1. The largest absolute Gasteiger partial charge is 0.472 e. The summed E-state index contributed by atoms with van der Waals surface area (Å²) in [5.41, 5.74) is 3.82. The minimum absolute atomic E-state index is 0.414. The molecule has 1 aromatic heterocycles. The second-order valence-electron chi connectivity index (χ2n) is 4.88. The molecule has 18 heavy (non-hydrogen) atoms. The molecule has 1 heterocycles. The second kappa shape index (κ2) is 6.44. The fourth-order valence-corrected chi connectivity index (χ4v) is 2.36. The smallest absolute Gasteiger partial charge is 0.208 e. The zero-order chi connectivity index (χ0) is 12.8. The van der Waals surface area contributed by atoms with Crippen LogP contribution in [0.25, 0.3) is 0 Å². The first-order valence-electron chi connectivity index (χ1n) is 6.56. The summed E-state index contributed by atoms with van der Waals surface area (Å²) in [6.45, 7) is 0.742. The number of guanidine groups is 1. The van der Waals surface area contributed by atoms with E-state index in [1.165, 1.54) is 32.1 Å². The first kappa shape index (κ1) is 13.0. The topological polar surface area (TPSA) is 66.8 Å². The fourth-order valence-electron chi connectivity index (χ4n) is 2.36. The minimum Gasteiger partial charge on any atom is -0.472 e. The average Bonchev–Trinajstić information content (AvgIpc) is 2.90. The van der Waals surface area contributed by atoms with Crippen molar-refractivity contribution in [2.24, 2.45) is 10.8 Å². The molecule has 0 amide bonds. The highest BCUT2D eigenvalue weighted by Gasteiger charge is 2.14. The Labute approximate surface area is 108 Å². The van der Waals surface area contributed by atoms with E-state index in [1.807, 2.05) is 18.0 Å². The van der Waals surface area contributed by atoms with Crippen molar-refractivity contribution in [1.29, 1.82) is 0 Å². The predicted octanol–water partition coefficient (Wildman–Crippen LogP) is 1.86. The molecule has 5 nitrogen and oxygen atoms in total. The van der Waals surface area contributed by atoms with Gasteiger partial charge in [0.05, 0.1) is 18.6 Å². The molecule has 0 bridgehead atoms. The molecule has 1 saturated carbocycles. The van der Waals surface area contributed by atoms with Crippen molar-refractivity contribution in [2.45, 2.75) is 44.7 Å². The summed E-state index contributed by atoms with van der Waals surface area (Å²) in [4.78, 5) is 6.72. The normalized spacial score (nSPS) is 17.8. The molecule has 0 atom stereocenters. The molecule has 2 rings (SSSR count). The molecule has 1 aliphatic carbocycles. The highest BCUT2D eigenvalue weighted by atomic mass is 16.3. The maximum absolute atomic E-state index is 5.57. The van der Waals surface area contributed by atoms with Crippen LogP contribution >= 0.6 is 0 Å². The van der Waals surface area contributed by atoms with Gasteiger partial charge in [0.25, 0.3) is 0 Å². The third kappa shape index (κ3) is 3.50. The molecule has 0 spiro atoms. The van der Waals surface area contributed by atoms with Crippen molar-refractivity contribution < 1.29 is 4.42 Å². The van der Waals surface area contributed by atoms with E-state index in [2.05, 4.69) is 5.43 Å². The summed E-state index contributed by atoms with van der Waals surface area (Å²) in [6.07, 6.45) is 9.65. The summed E-state index contributed by atoms with van der Waals surface area (Å²) in [5.74, 6) is 6.33. The van der Waals surface area contributed by atoms with Gasteiger partial charge in [-0.25, -0.2) is 10.8 Å². The van der Waals surface area contributed by atoms with Crippen LogP contribution in [0.15, 0.2) is 28.0 Å². The Morgan fingerprint density at radius 1 is 1.50 bits per heavy atom. The van der Waals surface area contributed by atoms with E-state index in [-0.39, 0.29) is 0 Å². The van der Waals surface area contributed by atoms with Gasteiger partial charge in [-0.3, -0.25) is 5.43 Å². The van der Waals surface area contributed by atoms with Crippen molar-refractivity contribution in [3.8, 4) is 0 Å². The third-order valence-corrected chi connectivity index (χ3v) is 3.37. The van der Waals surface area contributed by atoms with Crippen molar-refractivity contribution in [3.63, 3.8) is 0 Å². The van der Waals surface area contributed by atoms with E-state index >= 15 is 0 Å². The monoisotopic (exact) mass is 250 g/mol. The number of hydrogen-bond donors (Lipinski definition) is 2. The average molecular weight is 250 g/mol. The van der Waals surface area contributed by atoms with Gasteiger partial charge in [-0.15, -0.1) is 0 Å². The summed E-state index contributed by atoms with van der Waals surface area (Å²) >= 11 is 0. The molecule has 1 aliphatic rings. The van der Waals surface area contributed by atoms with Crippen LogP contribution in [0.3, 0.4) is 0 Å². The summed E-state index contributed by atoms with van der Waals surface area (Å²) in [5, 5.41) is 0. The quantitative estimate of drug-likeness (QED) is 0.372. The zero-order valence-electron chi connectivity index (χ0n) is 10.9. The molecule has 0 aromatic carbocycles. The lowest BCUT2D eigenvalue weighted by Gasteiger charge is -2.24. The van der Waals surface area contributed by atoms with Crippen LogP contribution in [0.5, 0.6) is 0 Å². The highest BCUT2D eigenvalue weighted by molar-refractivity contribution is 5.79. The Hall–Kier alpha value is -1.49. The van der Waals surface area contributed by atoms with Crippen molar-refractivity contribution in [2.75, 3.05) is 7.05 Å². The van der Waals surface area contributed by atoms with Crippen LogP contribution < -0.4 is 11.3 Å². The maximum atomic E-state index is 5.57. The molecular formula is C13H22N4O. The van der Waals surface area contributed by atoms with E-state index in [4.69, 9.17) is 15.3 Å². The lowest BCUT2D eigenvalue weighted by molar-refractivity contribution is 0.422. The fraction of sp³-hybridized carbons (Fsp3) is 0.615. The second-order valence-corrected chi connectivity index (χ2v) is 4.88. The zero-order valence-corrected chi connectivity index (χ0v) is 10.9. The minimum atomic E-state index is 0.414. The molecule has 0 radical (unpaired) electrons. The van der Waals surface area contributed by atoms with Gasteiger partial charge >= 0.3 is 0 Å². The van der Waals surface area contributed by atoms with Gasteiger partial charge in [-0.05, 0) is 18.9 Å². The van der Waals surface area contributed by atoms with Crippen LogP contribution in [0.1, 0.15) is 37.7 Å². The lowest BCUT2D eigenvalue weighted by atomic mass is 9.96. The number of hydrazine groups is 1. The first-order valence-corrected chi connectivity index (χ1v) is 6.56. The molecule has 5 heteroatoms. The Morgan fingerprint density at radius 3 is 2.89 bits per heavy atom. The van der Waals surface area contributed by atoms with Gasteiger partial charge in [-0.2, -0.15) is 0 Å². The summed E-state index contributed by atoms with van der Waals surface area (Å²) < 4.78 is 5.06. The molecule has 0 unspecified atom stereocenters. The van der Waals surface area contributed by atoms with Crippen LogP contribution in [-0.4, -0.2) is 23.9 Å². The van der Waals surface area contributed by atoms with E-state index in [0.29, 0.717) is 6.04 Å². The van der Waals surface area contributed by atoms with E-state index in [0.717, 1.165) is 18.1 Å². The van der Waals surface area contributed by atoms with Crippen LogP contribution in [-0.2, 0) is 6.54 Å². The number of nitrogens with one attached hydrogen (secondary N) is 1. The molecule has 0 aliphatic heterocycles. The Balaban J connectivity index is 1.95. The Kier molecular flexibility index (Phi) is 4.64. The van der Waals surface area contributed by atoms with Gasteiger partial charge in [0.1, 0.15) is 0 Å². The van der Waals surface area contributed by atoms with Crippen molar-refractivity contribution in [3.05, 3.63) is 24.2 Å². The number of hydrogen-bond acceptors (Lipinski definition) is 3. The Morgan fingerprint density at radius 2 is 2.28 bits per heavy atom. The SMILES string of the molecule is CN(Cc1ccoc1)C(=NC1CCCCC1)NN. The first-order chi connectivity index (χ1) is 8.79. The maximum Gasteiger partial charge on any atom is 0.208 e. The van der Waals surface area contributed by atoms with Crippen LogP contribution in [0, 0.1) is 0 Å². The molecule has 1 fully saturated rings. The standard InChI is InChI=1S/C13H22N4O/c1-17(9-11-7-8-18-10-11)13(16-14)15-12-5-3-2-4-6-12/h7-8,10,12H,2-6,9,14H2,1H3,(H,15,16). The van der Waals surface area contributed by atoms with Crippen molar-refractivity contribution in [1.82, 2.24) is 10.3 Å². The van der Waals surface area contributed by atoms with E-state index in [9.17, 15) is 0 Å². The van der Waals surface area contributed by atoms with Crippen LogP contribution in [0.4, 0.5) is 0 Å². The lowest BCUT2D eigenvalue weighted by Crippen LogP contribution is -2.43. The summed E-state index contributed by atoms with van der Waals surface area (Å²) in [7, 11) is 1.98. The van der Waals surface area contributed by atoms with E-state index in [1.54, 1.807) is 12.5 Å². The van der Waals surface area contributed by atoms with Gasteiger partial charge in [0.15, 0.2) is 0 Å². The van der Waals surface area contributed by atoms with Gasteiger partial charge in [0.2, 0.25) is 5.96 Å². The number of furan rings is 1. The molecule has 100 valence electrons. The number of rotatable bonds is 3. The van der Waals surface area contributed by atoms with Crippen molar-refractivity contribution >= 4 is 5.96 Å². The summed E-state index contributed by atoms with van der Waals surface area (Å²) in [6, 6.07) is 2.36. The molecule has 0 saturated heterocycles. The molecule has 1 aromatic rings. The number of nitrogens with two attached hydrogens (primary N) is 1. The Bertz CT molecular complexity index is 368. The number of nitrogens with zero attached hydrogens (tertiary/aromatic N) is 2. The highest BCUT2D eigenvalue weighted by Crippen LogP contribution is 2.20. The van der Waals surface area contributed by atoms with Gasteiger partial charge in [0, 0.05) is 19.2 Å². The third-order valence-electron chi connectivity index (χ3n) is 3.37. The molecule has 3 N–H and O–H groups in total.